The fourth-order valence-corrected chi connectivity index (χ4v) is 2.64. The molecule has 106 valence electrons. The first-order chi connectivity index (χ1) is 9.44. The molecule has 0 saturated carbocycles. The molecule has 3 nitrogen and oxygen atoms in total. The van der Waals surface area contributed by atoms with Crippen LogP contribution in [0.4, 0.5) is 4.39 Å². The highest BCUT2D eigenvalue weighted by Gasteiger charge is 2.15. The predicted octanol–water partition coefficient (Wildman–Crippen LogP) is 4.07. The zero-order chi connectivity index (χ0) is 14.8. The monoisotopic (exact) mass is 314 g/mol. The molecule has 0 spiro atoms. The van der Waals surface area contributed by atoms with Gasteiger partial charge in [-0.1, -0.05) is 30.7 Å². The molecule has 0 amide bonds. The molecule has 0 heterocycles. The molecule has 2 aromatic carbocycles. The van der Waals surface area contributed by atoms with Crippen molar-refractivity contribution in [2.24, 2.45) is 0 Å². The molecule has 0 fully saturated rings. The largest absolute Gasteiger partial charge is 0.453 e. The van der Waals surface area contributed by atoms with Crippen molar-refractivity contribution in [2.75, 3.05) is 5.75 Å². The number of halogens is 2. The van der Waals surface area contributed by atoms with Crippen LogP contribution >= 0.6 is 11.6 Å². The van der Waals surface area contributed by atoms with Gasteiger partial charge in [-0.3, -0.25) is 0 Å². The number of ether oxygens (including phenoxy) is 1. The van der Waals surface area contributed by atoms with Gasteiger partial charge in [0.05, 0.1) is 15.7 Å². The molecule has 0 aliphatic rings. The van der Waals surface area contributed by atoms with Crippen LogP contribution in [0.3, 0.4) is 0 Å². The van der Waals surface area contributed by atoms with E-state index in [9.17, 15) is 12.8 Å². The molecular formula is C14H12ClFO3S. The van der Waals surface area contributed by atoms with Crippen LogP contribution in [0.2, 0.25) is 5.02 Å². The van der Waals surface area contributed by atoms with Crippen LogP contribution in [-0.2, 0) is 9.84 Å². The number of para-hydroxylation sites is 1. The molecule has 0 saturated heterocycles. The molecule has 0 aromatic heterocycles. The highest BCUT2D eigenvalue weighted by atomic mass is 35.5. The smallest absolute Gasteiger partial charge is 0.178 e. The summed E-state index contributed by atoms with van der Waals surface area (Å²) in [5.41, 5.74) is 0. The number of hydrogen-bond acceptors (Lipinski definition) is 3. The summed E-state index contributed by atoms with van der Waals surface area (Å²) in [5, 5.41) is 0.345. The third kappa shape index (κ3) is 3.11. The van der Waals surface area contributed by atoms with E-state index in [2.05, 4.69) is 0 Å². The summed E-state index contributed by atoms with van der Waals surface area (Å²) in [4.78, 5) is -0.0657. The highest BCUT2D eigenvalue weighted by molar-refractivity contribution is 7.91. The van der Waals surface area contributed by atoms with Crippen LogP contribution < -0.4 is 4.74 Å². The Balaban J connectivity index is 2.34. The molecule has 0 aliphatic carbocycles. The van der Waals surface area contributed by atoms with E-state index in [0.29, 0.717) is 10.8 Å². The van der Waals surface area contributed by atoms with Gasteiger partial charge in [0.2, 0.25) is 0 Å². The van der Waals surface area contributed by atoms with Crippen molar-refractivity contribution in [3.8, 4) is 11.5 Å². The molecule has 0 radical (unpaired) electrons. The van der Waals surface area contributed by atoms with Crippen LogP contribution in [-0.4, -0.2) is 14.2 Å². The lowest BCUT2D eigenvalue weighted by atomic mass is 10.3. The first-order valence-electron chi connectivity index (χ1n) is 5.88. The zero-order valence-corrected chi connectivity index (χ0v) is 12.2. The van der Waals surface area contributed by atoms with E-state index in [4.69, 9.17) is 16.3 Å². The Hall–Kier alpha value is -1.59. The van der Waals surface area contributed by atoms with Gasteiger partial charge in [0.25, 0.3) is 0 Å². The van der Waals surface area contributed by atoms with Crippen LogP contribution in [0.5, 0.6) is 11.5 Å². The fraction of sp³-hybridized carbons (Fsp3) is 0.143. The van der Waals surface area contributed by atoms with Crippen LogP contribution in [0.15, 0.2) is 47.4 Å². The maximum absolute atomic E-state index is 13.9. The van der Waals surface area contributed by atoms with E-state index in [0.717, 1.165) is 6.07 Å². The van der Waals surface area contributed by atoms with Gasteiger partial charge in [0.15, 0.2) is 21.4 Å². The molecule has 20 heavy (non-hydrogen) atoms. The lowest BCUT2D eigenvalue weighted by molar-refractivity contribution is 0.441. The van der Waals surface area contributed by atoms with E-state index in [1.807, 2.05) is 0 Å². The van der Waals surface area contributed by atoms with E-state index in [1.54, 1.807) is 24.3 Å². The van der Waals surface area contributed by atoms with Gasteiger partial charge in [0, 0.05) is 0 Å². The van der Waals surface area contributed by atoms with Gasteiger partial charge in [-0.25, -0.2) is 12.8 Å². The standard InChI is InChI=1S/C14H12ClFO3S/c1-2-20(17,18)10-7-8-14(12(16)9-10)19-13-6-4-3-5-11(13)15/h3-9H,2H2,1H3. The van der Waals surface area contributed by atoms with Crippen molar-refractivity contribution in [1.82, 2.24) is 0 Å². The maximum Gasteiger partial charge on any atom is 0.178 e. The average molecular weight is 315 g/mol. The first-order valence-corrected chi connectivity index (χ1v) is 7.92. The fourth-order valence-electron chi connectivity index (χ4n) is 1.57. The number of sulfone groups is 1. The minimum Gasteiger partial charge on any atom is -0.453 e. The van der Waals surface area contributed by atoms with Crippen molar-refractivity contribution in [3.63, 3.8) is 0 Å². The summed E-state index contributed by atoms with van der Waals surface area (Å²) in [6, 6.07) is 10.2. The molecular weight excluding hydrogens is 303 g/mol. The highest BCUT2D eigenvalue weighted by Crippen LogP contribution is 2.31. The SMILES string of the molecule is CCS(=O)(=O)c1ccc(Oc2ccccc2Cl)c(F)c1. The van der Waals surface area contributed by atoms with E-state index in [1.165, 1.54) is 19.1 Å². The second-order valence-corrected chi connectivity index (χ2v) is 6.71. The lowest BCUT2D eigenvalue weighted by Crippen LogP contribution is -2.04. The van der Waals surface area contributed by atoms with Gasteiger partial charge in [-0.05, 0) is 30.3 Å². The Labute approximate surface area is 121 Å². The molecule has 0 N–H and O–H groups in total. The third-order valence-corrected chi connectivity index (χ3v) is 4.74. The minimum atomic E-state index is -3.44. The quantitative estimate of drug-likeness (QED) is 0.854. The number of hydrogen-bond donors (Lipinski definition) is 0. The summed E-state index contributed by atoms with van der Waals surface area (Å²) in [6.45, 7) is 1.50. The predicted molar refractivity (Wildman–Crippen MR) is 75.7 cm³/mol. The second-order valence-electron chi connectivity index (χ2n) is 4.03. The first kappa shape index (κ1) is 14.8. The van der Waals surface area contributed by atoms with Crippen LogP contribution in [0.25, 0.3) is 0 Å². The van der Waals surface area contributed by atoms with Crippen molar-refractivity contribution in [1.29, 1.82) is 0 Å². The Morgan fingerprint density at radius 2 is 1.85 bits per heavy atom. The Morgan fingerprint density at radius 3 is 2.45 bits per heavy atom. The molecule has 2 aromatic rings. The lowest BCUT2D eigenvalue weighted by Gasteiger charge is -2.09. The van der Waals surface area contributed by atoms with Gasteiger partial charge in [-0.15, -0.1) is 0 Å². The Bertz CT molecular complexity index is 729. The topological polar surface area (TPSA) is 43.4 Å². The van der Waals surface area contributed by atoms with Crippen molar-refractivity contribution >= 4 is 21.4 Å². The third-order valence-electron chi connectivity index (χ3n) is 2.70. The molecule has 0 unspecified atom stereocenters. The zero-order valence-electron chi connectivity index (χ0n) is 10.6. The summed E-state index contributed by atoms with van der Waals surface area (Å²) in [6.07, 6.45) is 0. The van der Waals surface area contributed by atoms with E-state index in [-0.39, 0.29) is 16.4 Å². The molecule has 6 heteroatoms. The van der Waals surface area contributed by atoms with Gasteiger partial charge in [0.1, 0.15) is 5.75 Å². The van der Waals surface area contributed by atoms with Crippen LogP contribution in [0.1, 0.15) is 6.92 Å². The van der Waals surface area contributed by atoms with Crippen molar-refractivity contribution in [2.45, 2.75) is 11.8 Å². The Kier molecular flexibility index (Phi) is 4.30. The molecule has 0 aliphatic heterocycles. The molecule has 0 atom stereocenters. The van der Waals surface area contributed by atoms with Gasteiger partial charge in [-0.2, -0.15) is 0 Å². The summed E-state index contributed by atoms with van der Waals surface area (Å²) in [5.74, 6) is -0.608. The second kappa shape index (κ2) is 5.81. The Morgan fingerprint density at radius 1 is 1.15 bits per heavy atom. The molecule has 0 bridgehead atoms. The van der Waals surface area contributed by atoms with Crippen molar-refractivity contribution < 1.29 is 17.5 Å². The maximum atomic E-state index is 13.9. The minimum absolute atomic E-state index is 0.0657. The van der Waals surface area contributed by atoms with Gasteiger partial charge >= 0.3 is 0 Å². The number of benzene rings is 2. The normalized spacial score (nSPS) is 11.3. The van der Waals surface area contributed by atoms with Crippen molar-refractivity contribution in [3.05, 3.63) is 53.3 Å². The van der Waals surface area contributed by atoms with Crippen LogP contribution in [0, 0.1) is 5.82 Å². The average Bonchev–Trinajstić information content (AvgIpc) is 2.43. The van der Waals surface area contributed by atoms with Gasteiger partial charge < -0.3 is 4.74 Å². The van der Waals surface area contributed by atoms with E-state index >= 15 is 0 Å². The van der Waals surface area contributed by atoms with E-state index < -0.39 is 15.7 Å². The number of rotatable bonds is 4. The summed E-state index contributed by atoms with van der Waals surface area (Å²) < 4.78 is 42.5. The summed E-state index contributed by atoms with van der Waals surface area (Å²) in [7, 11) is -3.44. The summed E-state index contributed by atoms with van der Waals surface area (Å²) >= 11 is 5.91. The molecule has 2 rings (SSSR count).